The summed E-state index contributed by atoms with van der Waals surface area (Å²) < 4.78 is 7.47. The Morgan fingerprint density at radius 1 is 1.32 bits per heavy atom. The Morgan fingerprint density at radius 3 is 2.71 bits per heavy atom. The fourth-order valence-corrected chi connectivity index (χ4v) is 3.40. The number of nitrogens with zero attached hydrogens (tertiary/aromatic N) is 2. The highest BCUT2D eigenvalue weighted by atomic mass is 35.5. The summed E-state index contributed by atoms with van der Waals surface area (Å²) in [5.74, 6) is 0.572. The Labute approximate surface area is 167 Å². The van der Waals surface area contributed by atoms with Gasteiger partial charge in [-0.15, -0.1) is 0 Å². The molecule has 148 valence electrons. The number of benzene rings is 1. The Kier molecular flexibility index (Phi) is 5.88. The first-order chi connectivity index (χ1) is 13.4. The first kappa shape index (κ1) is 20.1. The van der Waals surface area contributed by atoms with E-state index in [1.165, 1.54) is 6.07 Å². The summed E-state index contributed by atoms with van der Waals surface area (Å²) in [5.41, 5.74) is 2.75. The van der Waals surface area contributed by atoms with Gasteiger partial charge in [0.1, 0.15) is 23.9 Å². The maximum atomic E-state index is 12.8. The fraction of sp³-hybridized carbons (Fsp3) is 0.300. The lowest BCUT2D eigenvalue weighted by atomic mass is 10.1. The summed E-state index contributed by atoms with van der Waals surface area (Å²) in [6.45, 7) is 3.13. The number of ether oxygens (including phenoxy) is 1. The van der Waals surface area contributed by atoms with Gasteiger partial charge in [-0.05, 0) is 25.5 Å². The van der Waals surface area contributed by atoms with E-state index in [9.17, 15) is 9.90 Å². The van der Waals surface area contributed by atoms with E-state index < -0.39 is 12.7 Å². The zero-order valence-electron chi connectivity index (χ0n) is 15.9. The van der Waals surface area contributed by atoms with E-state index in [1.54, 1.807) is 19.2 Å². The fourth-order valence-electron chi connectivity index (χ4n) is 3.10. The molecule has 0 radical (unpaired) electrons. The predicted octanol–water partition coefficient (Wildman–Crippen LogP) is 2.43. The summed E-state index contributed by atoms with van der Waals surface area (Å²) >= 11 is 6.49. The number of para-hydroxylation sites is 1. The molecule has 0 aliphatic rings. The molecule has 0 saturated heterocycles. The van der Waals surface area contributed by atoms with Crippen LogP contribution in [0, 0.1) is 13.8 Å². The minimum Gasteiger partial charge on any atom is -0.474 e. The number of hydrogen-bond acceptors (Lipinski definition) is 6. The first-order valence-corrected chi connectivity index (χ1v) is 9.17. The van der Waals surface area contributed by atoms with Gasteiger partial charge >= 0.3 is 0 Å². The molecule has 2 aromatic heterocycles. The van der Waals surface area contributed by atoms with Crippen LogP contribution in [0.25, 0.3) is 16.6 Å². The van der Waals surface area contributed by atoms with Crippen LogP contribution < -0.4 is 15.5 Å². The lowest BCUT2D eigenvalue weighted by Gasteiger charge is -2.20. The van der Waals surface area contributed by atoms with E-state index in [-0.39, 0.29) is 23.3 Å². The van der Waals surface area contributed by atoms with Gasteiger partial charge in [0.05, 0.1) is 22.8 Å². The van der Waals surface area contributed by atoms with Crippen LogP contribution in [0.2, 0.25) is 5.02 Å². The summed E-state index contributed by atoms with van der Waals surface area (Å²) in [5, 5.41) is 22.4. The SMILES string of the molecule is CNc1cc2c(c(OCC(O)CO)n1)c(=O)cc(C)n2-c1c(C)cccc1Cl. The van der Waals surface area contributed by atoms with Gasteiger partial charge in [-0.2, -0.15) is 4.98 Å². The zero-order chi connectivity index (χ0) is 20.4. The number of aromatic nitrogens is 2. The van der Waals surface area contributed by atoms with Crippen LogP contribution in [0.15, 0.2) is 35.1 Å². The average Bonchev–Trinajstić information content (AvgIpc) is 2.67. The standard InChI is InChI=1S/C20H22ClN3O4/c1-11-5-4-6-14(21)19(11)24-12(2)7-16(27)18-15(24)8-17(22-3)23-20(18)28-10-13(26)9-25/h4-8,13,25-26H,9-10H2,1-3H3,(H,22,23). The van der Waals surface area contributed by atoms with Gasteiger partial charge in [-0.1, -0.05) is 23.7 Å². The van der Waals surface area contributed by atoms with E-state index in [1.807, 2.05) is 30.5 Å². The molecular weight excluding hydrogens is 382 g/mol. The second-order valence-electron chi connectivity index (χ2n) is 6.49. The van der Waals surface area contributed by atoms with Crippen molar-refractivity contribution in [2.45, 2.75) is 20.0 Å². The van der Waals surface area contributed by atoms with Crippen LogP contribution in [0.5, 0.6) is 5.88 Å². The zero-order valence-corrected chi connectivity index (χ0v) is 16.6. The van der Waals surface area contributed by atoms with Crippen LogP contribution in [-0.4, -0.2) is 46.1 Å². The van der Waals surface area contributed by atoms with Crippen molar-refractivity contribution >= 4 is 28.3 Å². The number of nitrogens with one attached hydrogen (secondary N) is 1. The van der Waals surface area contributed by atoms with Crippen LogP contribution in [0.3, 0.4) is 0 Å². The van der Waals surface area contributed by atoms with Crippen molar-refractivity contribution in [3.63, 3.8) is 0 Å². The van der Waals surface area contributed by atoms with E-state index in [0.29, 0.717) is 22.1 Å². The van der Waals surface area contributed by atoms with Crippen molar-refractivity contribution in [3.8, 4) is 11.6 Å². The van der Waals surface area contributed by atoms with Crippen molar-refractivity contribution in [2.24, 2.45) is 0 Å². The number of halogens is 1. The third-order valence-corrected chi connectivity index (χ3v) is 4.74. The number of aliphatic hydroxyl groups excluding tert-OH is 2. The van der Waals surface area contributed by atoms with Gasteiger partial charge in [-0.25, -0.2) is 0 Å². The highest BCUT2D eigenvalue weighted by Crippen LogP contribution is 2.32. The van der Waals surface area contributed by atoms with Crippen LogP contribution in [0.4, 0.5) is 5.82 Å². The molecule has 8 heteroatoms. The second kappa shape index (κ2) is 8.18. The van der Waals surface area contributed by atoms with Gasteiger partial charge in [-0.3, -0.25) is 4.79 Å². The molecule has 0 aliphatic heterocycles. The first-order valence-electron chi connectivity index (χ1n) is 8.79. The second-order valence-corrected chi connectivity index (χ2v) is 6.90. The van der Waals surface area contributed by atoms with Crippen molar-refractivity contribution in [1.29, 1.82) is 0 Å². The predicted molar refractivity (Wildman–Crippen MR) is 110 cm³/mol. The lowest BCUT2D eigenvalue weighted by molar-refractivity contribution is 0.0527. The average molecular weight is 404 g/mol. The summed E-state index contributed by atoms with van der Waals surface area (Å²) in [4.78, 5) is 17.1. The molecule has 1 aromatic carbocycles. The van der Waals surface area contributed by atoms with Crippen LogP contribution >= 0.6 is 11.6 Å². The lowest BCUT2D eigenvalue weighted by Crippen LogP contribution is -2.23. The minimum absolute atomic E-state index is 0.0813. The Hall–Kier alpha value is -2.61. The maximum absolute atomic E-state index is 12.8. The normalized spacial score (nSPS) is 12.2. The smallest absolute Gasteiger partial charge is 0.229 e. The highest BCUT2D eigenvalue weighted by Gasteiger charge is 2.19. The monoisotopic (exact) mass is 403 g/mol. The Bertz CT molecular complexity index is 1060. The van der Waals surface area contributed by atoms with Gasteiger partial charge in [0.2, 0.25) is 5.88 Å². The molecule has 2 heterocycles. The van der Waals surface area contributed by atoms with Crippen LogP contribution in [-0.2, 0) is 0 Å². The van der Waals surface area contributed by atoms with E-state index >= 15 is 0 Å². The van der Waals surface area contributed by atoms with Crippen molar-refractivity contribution in [3.05, 3.63) is 56.8 Å². The number of fused-ring (bicyclic) bond motifs is 1. The molecule has 3 aromatic rings. The summed E-state index contributed by atoms with van der Waals surface area (Å²) in [6, 6.07) is 8.86. The molecule has 3 rings (SSSR count). The van der Waals surface area contributed by atoms with Crippen molar-refractivity contribution < 1.29 is 14.9 Å². The van der Waals surface area contributed by atoms with E-state index in [0.717, 1.165) is 11.3 Å². The molecule has 28 heavy (non-hydrogen) atoms. The van der Waals surface area contributed by atoms with Gasteiger partial charge in [0.25, 0.3) is 0 Å². The van der Waals surface area contributed by atoms with E-state index in [4.69, 9.17) is 21.4 Å². The molecule has 0 fully saturated rings. The number of aryl methyl sites for hydroxylation is 2. The van der Waals surface area contributed by atoms with Gasteiger partial charge in [0.15, 0.2) is 5.43 Å². The van der Waals surface area contributed by atoms with E-state index in [2.05, 4.69) is 10.3 Å². The number of anilines is 1. The molecule has 0 spiro atoms. The third kappa shape index (κ3) is 3.69. The number of pyridine rings is 2. The number of hydrogen-bond donors (Lipinski definition) is 3. The number of aliphatic hydroxyl groups is 2. The molecule has 0 amide bonds. The topological polar surface area (TPSA) is 96.6 Å². The minimum atomic E-state index is -1.08. The van der Waals surface area contributed by atoms with Crippen molar-refractivity contribution in [1.82, 2.24) is 9.55 Å². The molecule has 1 unspecified atom stereocenters. The highest BCUT2D eigenvalue weighted by molar-refractivity contribution is 6.32. The molecular formula is C20H22ClN3O4. The largest absolute Gasteiger partial charge is 0.474 e. The summed E-state index contributed by atoms with van der Waals surface area (Å²) in [7, 11) is 1.71. The Balaban J connectivity index is 2.36. The molecule has 0 bridgehead atoms. The van der Waals surface area contributed by atoms with Gasteiger partial charge in [0, 0.05) is 24.9 Å². The molecule has 0 aliphatic carbocycles. The van der Waals surface area contributed by atoms with Gasteiger partial charge < -0.3 is 24.8 Å². The maximum Gasteiger partial charge on any atom is 0.229 e. The number of rotatable bonds is 6. The molecule has 1 atom stereocenters. The molecule has 7 nitrogen and oxygen atoms in total. The quantitative estimate of drug-likeness (QED) is 0.585. The third-order valence-electron chi connectivity index (χ3n) is 4.44. The van der Waals surface area contributed by atoms with Crippen LogP contribution in [0.1, 0.15) is 11.3 Å². The van der Waals surface area contributed by atoms with Crippen molar-refractivity contribution in [2.75, 3.05) is 25.6 Å². The Morgan fingerprint density at radius 2 is 2.07 bits per heavy atom. The molecule has 0 saturated carbocycles. The summed E-state index contributed by atoms with van der Waals surface area (Å²) in [6.07, 6.45) is -1.08. The molecule has 3 N–H and O–H groups in total.